The quantitative estimate of drug-likeness (QED) is 0.644. The zero-order valence-corrected chi connectivity index (χ0v) is 9.74. The number of hydrogen-bond donors (Lipinski definition) is 1. The van der Waals surface area contributed by atoms with Crippen LogP contribution in [0.5, 0.6) is 0 Å². The zero-order valence-electron chi connectivity index (χ0n) is 8.93. The van der Waals surface area contributed by atoms with E-state index in [0.29, 0.717) is 5.56 Å². The van der Waals surface area contributed by atoms with Crippen molar-refractivity contribution in [2.75, 3.05) is 10.5 Å². The van der Waals surface area contributed by atoms with E-state index >= 15 is 0 Å². The van der Waals surface area contributed by atoms with Crippen LogP contribution in [-0.2, 0) is 10.0 Å². The maximum atomic E-state index is 11.3. The van der Waals surface area contributed by atoms with Gasteiger partial charge in [0.15, 0.2) is 0 Å². The van der Waals surface area contributed by atoms with Crippen LogP contribution in [-0.4, -0.2) is 19.1 Å². The largest absolute Gasteiger partial charge is 0.283 e. The van der Waals surface area contributed by atoms with Crippen molar-refractivity contribution in [2.45, 2.75) is 13.8 Å². The molecule has 0 aliphatic carbocycles. The highest BCUT2D eigenvalue weighted by Crippen LogP contribution is 2.22. The molecule has 0 bridgehead atoms. The van der Waals surface area contributed by atoms with Gasteiger partial charge in [0.05, 0.1) is 16.4 Å². The van der Waals surface area contributed by atoms with Gasteiger partial charge < -0.3 is 0 Å². The summed E-state index contributed by atoms with van der Waals surface area (Å²) in [6.07, 6.45) is 0. The predicted molar refractivity (Wildman–Crippen MR) is 60.9 cm³/mol. The number of rotatable bonds is 4. The Labute approximate surface area is 93.5 Å². The van der Waals surface area contributed by atoms with Gasteiger partial charge in [-0.15, -0.1) is 0 Å². The van der Waals surface area contributed by atoms with E-state index in [-0.39, 0.29) is 17.1 Å². The Morgan fingerprint density at radius 1 is 1.44 bits per heavy atom. The van der Waals surface area contributed by atoms with Gasteiger partial charge in [-0.05, 0) is 19.9 Å². The lowest BCUT2D eigenvalue weighted by Crippen LogP contribution is -2.14. The normalized spacial score (nSPS) is 11.1. The number of aryl methyl sites for hydroxylation is 1. The lowest BCUT2D eigenvalue weighted by atomic mass is 10.2. The number of nitrogens with zero attached hydrogens (tertiary/aromatic N) is 1. The second-order valence-electron chi connectivity index (χ2n) is 3.26. The minimum atomic E-state index is -3.40. The highest BCUT2D eigenvalue weighted by atomic mass is 32.2. The molecule has 0 fully saturated rings. The van der Waals surface area contributed by atoms with Crippen LogP contribution in [0.4, 0.5) is 11.4 Å². The van der Waals surface area contributed by atoms with Gasteiger partial charge >= 0.3 is 0 Å². The first-order valence-electron chi connectivity index (χ1n) is 4.61. The molecule has 1 aromatic rings. The van der Waals surface area contributed by atoms with Gasteiger partial charge in [0.25, 0.3) is 5.69 Å². The Balaban J connectivity index is 3.09. The van der Waals surface area contributed by atoms with Gasteiger partial charge in [-0.1, -0.05) is 6.07 Å². The Kier molecular flexibility index (Phi) is 3.48. The van der Waals surface area contributed by atoms with Gasteiger partial charge in [0.2, 0.25) is 10.0 Å². The van der Waals surface area contributed by atoms with Crippen LogP contribution in [0.3, 0.4) is 0 Å². The van der Waals surface area contributed by atoms with Crippen LogP contribution >= 0.6 is 0 Å². The Morgan fingerprint density at radius 2 is 2.06 bits per heavy atom. The highest BCUT2D eigenvalue weighted by molar-refractivity contribution is 7.92. The van der Waals surface area contributed by atoms with Gasteiger partial charge in [0.1, 0.15) is 0 Å². The van der Waals surface area contributed by atoms with Crippen LogP contribution in [0.1, 0.15) is 12.5 Å². The van der Waals surface area contributed by atoms with E-state index < -0.39 is 14.9 Å². The number of nitro groups is 1. The number of nitrogens with one attached hydrogen (secondary N) is 1. The van der Waals surface area contributed by atoms with Crippen LogP contribution in [0, 0.1) is 17.0 Å². The summed E-state index contributed by atoms with van der Waals surface area (Å²) in [7, 11) is -3.40. The summed E-state index contributed by atoms with van der Waals surface area (Å²) < 4.78 is 24.8. The molecule has 88 valence electrons. The summed E-state index contributed by atoms with van der Waals surface area (Å²) in [4.78, 5) is 10.1. The number of benzene rings is 1. The fraction of sp³-hybridized carbons (Fsp3) is 0.333. The Hall–Kier alpha value is -1.63. The lowest BCUT2D eigenvalue weighted by Gasteiger charge is -2.06. The standard InChI is InChI=1S/C9H12N2O4S/c1-3-16(14,15)10-8-5-4-7(2)9(6-8)11(12)13/h4-6,10H,3H2,1-2H3. The maximum Gasteiger partial charge on any atom is 0.274 e. The summed E-state index contributed by atoms with van der Waals surface area (Å²) in [5.74, 6) is -0.0747. The van der Waals surface area contributed by atoms with E-state index in [1.54, 1.807) is 6.92 Å². The molecule has 0 aromatic heterocycles. The van der Waals surface area contributed by atoms with E-state index in [4.69, 9.17) is 0 Å². The maximum absolute atomic E-state index is 11.3. The number of hydrogen-bond acceptors (Lipinski definition) is 4. The minimum Gasteiger partial charge on any atom is -0.283 e. The van der Waals surface area contributed by atoms with E-state index in [1.807, 2.05) is 0 Å². The van der Waals surface area contributed by atoms with Crippen molar-refractivity contribution in [2.24, 2.45) is 0 Å². The van der Waals surface area contributed by atoms with Crippen LogP contribution in [0.15, 0.2) is 18.2 Å². The number of anilines is 1. The number of nitro benzene ring substituents is 1. The van der Waals surface area contributed by atoms with Gasteiger partial charge in [-0.2, -0.15) is 0 Å². The third-order valence-corrected chi connectivity index (χ3v) is 3.37. The Morgan fingerprint density at radius 3 is 2.56 bits per heavy atom. The third kappa shape index (κ3) is 2.93. The predicted octanol–water partition coefficient (Wildman–Crippen LogP) is 1.66. The van der Waals surface area contributed by atoms with Gasteiger partial charge in [-0.3, -0.25) is 14.8 Å². The molecule has 1 aromatic carbocycles. The van der Waals surface area contributed by atoms with Crippen molar-refractivity contribution in [3.63, 3.8) is 0 Å². The second kappa shape index (κ2) is 4.48. The molecule has 6 nitrogen and oxygen atoms in total. The minimum absolute atomic E-state index is 0.0747. The molecule has 0 saturated heterocycles. The van der Waals surface area contributed by atoms with Crippen molar-refractivity contribution < 1.29 is 13.3 Å². The second-order valence-corrected chi connectivity index (χ2v) is 5.27. The summed E-state index contributed by atoms with van der Waals surface area (Å²) in [6, 6.07) is 4.21. The van der Waals surface area contributed by atoms with Crippen molar-refractivity contribution in [3.8, 4) is 0 Å². The summed E-state index contributed by atoms with van der Waals surface area (Å²) >= 11 is 0. The monoisotopic (exact) mass is 244 g/mol. The number of sulfonamides is 1. The van der Waals surface area contributed by atoms with Crippen molar-refractivity contribution >= 4 is 21.4 Å². The molecule has 16 heavy (non-hydrogen) atoms. The summed E-state index contributed by atoms with van der Waals surface area (Å²) in [5.41, 5.74) is 0.597. The molecule has 0 amide bonds. The highest BCUT2D eigenvalue weighted by Gasteiger charge is 2.13. The van der Waals surface area contributed by atoms with Crippen LogP contribution in [0.25, 0.3) is 0 Å². The fourth-order valence-electron chi connectivity index (χ4n) is 1.12. The van der Waals surface area contributed by atoms with Crippen molar-refractivity contribution in [1.82, 2.24) is 0 Å². The van der Waals surface area contributed by atoms with E-state index in [2.05, 4.69) is 4.72 Å². The molecule has 7 heteroatoms. The van der Waals surface area contributed by atoms with E-state index in [1.165, 1.54) is 25.1 Å². The molecular formula is C9H12N2O4S. The molecule has 0 atom stereocenters. The third-order valence-electron chi connectivity index (χ3n) is 2.06. The van der Waals surface area contributed by atoms with Crippen LogP contribution in [0.2, 0.25) is 0 Å². The van der Waals surface area contributed by atoms with Gasteiger partial charge in [-0.25, -0.2) is 8.42 Å². The van der Waals surface area contributed by atoms with Crippen molar-refractivity contribution in [3.05, 3.63) is 33.9 Å². The Bertz CT molecular complexity index is 510. The molecule has 1 N–H and O–H groups in total. The topological polar surface area (TPSA) is 89.3 Å². The van der Waals surface area contributed by atoms with E-state index in [0.717, 1.165) is 0 Å². The average Bonchev–Trinajstić information content (AvgIpc) is 2.20. The molecule has 1 rings (SSSR count). The van der Waals surface area contributed by atoms with Crippen molar-refractivity contribution in [1.29, 1.82) is 0 Å². The first-order chi connectivity index (χ1) is 7.35. The van der Waals surface area contributed by atoms with E-state index in [9.17, 15) is 18.5 Å². The molecule has 0 unspecified atom stereocenters. The molecule has 0 spiro atoms. The SMILES string of the molecule is CCS(=O)(=O)Nc1ccc(C)c([N+](=O)[O-])c1. The molecule has 0 aliphatic rings. The molecular weight excluding hydrogens is 232 g/mol. The summed E-state index contributed by atoms with van der Waals surface area (Å²) in [5, 5.41) is 10.6. The average molecular weight is 244 g/mol. The molecule has 0 heterocycles. The summed E-state index contributed by atoms with van der Waals surface area (Å²) in [6.45, 7) is 3.08. The van der Waals surface area contributed by atoms with Gasteiger partial charge in [0, 0.05) is 11.6 Å². The molecule has 0 radical (unpaired) electrons. The smallest absolute Gasteiger partial charge is 0.274 e. The van der Waals surface area contributed by atoms with Crippen LogP contribution < -0.4 is 4.72 Å². The molecule has 0 aliphatic heterocycles. The zero-order chi connectivity index (χ0) is 12.3. The fourth-order valence-corrected chi connectivity index (χ4v) is 1.75. The lowest BCUT2D eigenvalue weighted by molar-refractivity contribution is -0.385. The molecule has 0 saturated carbocycles. The first kappa shape index (κ1) is 12.4. The first-order valence-corrected chi connectivity index (χ1v) is 6.26.